The highest BCUT2D eigenvalue weighted by Gasteiger charge is 2.62. The van der Waals surface area contributed by atoms with Crippen molar-refractivity contribution in [3.05, 3.63) is 12.2 Å². The molecule has 2 fully saturated rings. The van der Waals surface area contributed by atoms with Crippen molar-refractivity contribution in [2.45, 2.75) is 51.1 Å². The minimum atomic E-state index is -0.459. The lowest BCUT2D eigenvalue weighted by molar-refractivity contribution is -0.169. The highest BCUT2D eigenvalue weighted by atomic mass is 16.6. The van der Waals surface area contributed by atoms with Crippen LogP contribution >= 0.6 is 0 Å². The Morgan fingerprint density at radius 1 is 0.947 bits per heavy atom. The molecule has 3 rings (SSSR count). The van der Waals surface area contributed by atoms with Crippen LogP contribution in [0.4, 0.5) is 0 Å². The Labute approximate surface area is 111 Å². The summed E-state index contributed by atoms with van der Waals surface area (Å²) in [4.78, 5) is 22.5. The van der Waals surface area contributed by atoms with Gasteiger partial charge >= 0.3 is 11.9 Å². The molecule has 1 aliphatic carbocycles. The first-order valence-electron chi connectivity index (χ1n) is 6.73. The summed E-state index contributed by atoms with van der Waals surface area (Å²) in [5, 5.41) is 0. The van der Waals surface area contributed by atoms with Gasteiger partial charge in [-0.3, -0.25) is 9.59 Å². The molecule has 2 aliphatic heterocycles. The largest absolute Gasteiger partial charge is 0.456 e. The molecular formula is C14H18O5. The first-order valence-corrected chi connectivity index (χ1v) is 6.73. The van der Waals surface area contributed by atoms with Crippen LogP contribution in [0.1, 0.15) is 26.7 Å². The quantitative estimate of drug-likeness (QED) is 0.555. The second-order valence-corrected chi connectivity index (χ2v) is 5.48. The van der Waals surface area contributed by atoms with Crippen LogP contribution in [0.15, 0.2) is 12.2 Å². The number of fused-ring (bicyclic) bond motifs is 5. The van der Waals surface area contributed by atoms with Gasteiger partial charge in [0.25, 0.3) is 0 Å². The molecule has 0 aromatic rings. The second kappa shape index (κ2) is 4.63. The number of esters is 2. The van der Waals surface area contributed by atoms with E-state index in [1.54, 1.807) is 0 Å². The summed E-state index contributed by atoms with van der Waals surface area (Å²) in [6.45, 7) is 2.74. The van der Waals surface area contributed by atoms with E-state index in [0.717, 1.165) is 12.8 Å². The SMILES string of the molecule is CC(=O)O[C@@H]1[C@H](OC(C)=O)[C@@H]2O[C@H]1[C@H]1CC=CC[C@H]12. The maximum absolute atomic E-state index is 11.2. The van der Waals surface area contributed by atoms with E-state index < -0.39 is 12.2 Å². The molecule has 0 N–H and O–H groups in total. The Morgan fingerprint density at radius 2 is 1.37 bits per heavy atom. The molecule has 3 aliphatic rings. The van der Waals surface area contributed by atoms with E-state index in [2.05, 4.69) is 12.2 Å². The summed E-state index contributed by atoms with van der Waals surface area (Å²) in [5.74, 6) is 0.0136. The van der Waals surface area contributed by atoms with Gasteiger partial charge in [0, 0.05) is 13.8 Å². The summed E-state index contributed by atoms with van der Waals surface area (Å²) in [6, 6.07) is 0. The van der Waals surface area contributed by atoms with E-state index in [1.807, 2.05) is 0 Å². The minimum Gasteiger partial charge on any atom is -0.456 e. The van der Waals surface area contributed by atoms with Crippen LogP contribution in [0, 0.1) is 11.8 Å². The smallest absolute Gasteiger partial charge is 0.303 e. The molecule has 0 aromatic carbocycles. The number of carbonyl (C=O) groups excluding carboxylic acids is 2. The number of allylic oxidation sites excluding steroid dienone is 2. The van der Waals surface area contributed by atoms with Gasteiger partial charge in [0.2, 0.25) is 0 Å². The molecule has 0 saturated carbocycles. The van der Waals surface area contributed by atoms with Gasteiger partial charge in [0.1, 0.15) is 12.2 Å². The van der Waals surface area contributed by atoms with Crippen LogP contribution in [0.2, 0.25) is 0 Å². The van der Waals surface area contributed by atoms with Crippen LogP contribution in [-0.4, -0.2) is 36.4 Å². The van der Waals surface area contributed by atoms with E-state index in [0.29, 0.717) is 11.8 Å². The third-order valence-electron chi connectivity index (χ3n) is 4.27. The molecule has 2 heterocycles. The van der Waals surface area contributed by atoms with Gasteiger partial charge in [-0.15, -0.1) is 0 Å². The van der Waals surface area contributed by atoms with Gasteiger partial charge in [-0.25, -0.2) is 0 Å². The van der Waals surface area contributed by atoms with Crippen molar-refractivity contribution in [2.24, 2.45) is 11.8 Å². The van der Waals surface area contributed by atoms with Gasteiger partial charge in [0.15, 0.2) is 12.2 Å². The number of rotatable bonds is 2. The molecule has 5 nitrogen and oxygen atoms in total. The lowest BCUT2D eigenvalue weighted by Crippen LogP contribution is -2.50. The van der Waals surface area contributed by atoms with Crippen LogP contribution in [-0.2, 0) is 23.8 Å². The summed E-state index contributed by atoms with van der Waals surface area (Å²) < 4.78 is 16.6. The van der Waals surface area contributed by atoms with Crippen molar-refractivity contribution >= 4 is 11.9 Å². The predicted molar refractivity (Wildman–Crippen MR) is 65.1 cm³/mol. The number of hydrogen-bond acceptors (Lipinski definition) is 5. The molecule has 2 bridgehead atoms. The van der Waals surface area contributed by atoms with Crippen molar-refractivity contribution in [1.82, 2.24) is 0 Å². The number of carbonyl (C=O) groups is 2. The van der Waals surface area contributed by atoms with Crippen molar-refractivity contribution in [1.29, 1.82) is 0 Å². The van der Waals surface area contributed by atoms with Gasteiger partial charge in [0.05, 0.1) is 0 Å². The fraction of sp³-hybridized carbons (Fsp3) is 0.714. The van der Waals surface area contributed by atoms with E-state index >= 15 is 0 Å². The monoisotopic (exact) mass is 266 g/mol. The standard InChI is InChI=1S/C14H18O5/c1-7(15)17-13-11-9-5-3-4-6-10(9)12(19-11)14(13)18-8(2)16/h3-4,9-14H,5-6H2,1-2H3/t9-,10+,11-,12+,13-,14+. The maximum atomic E-state index is 11.2. The molecule has 0 unspecified atom stereocenters. The lowest BCUT2D eigenvalue weighted by Gasteiger charge is -2.37. The Kier molecular flexibility index (Phi) is 3.09. The summed E-state index contributed by atoms with van der Waals surface area (Å²) in [6.07, 6.45) is 4.97. The summed E-state index contributed by atoms with van der Waals surface area (Å²) in [7, 11) is 0. The summed E-state index contributed by atoms with van der Waals surface area (Å²) in [5.41, 5.74) is 0. The van der Waals surface area contributed by atoms with Crippen LogP contribution in [0.25, 0.3) is 0 Å². The fourth-order valence-electron chi connectivity index (χ4n) is 3.66. The Balaban J connectivity index is 1.84. The van der Waals surface area contributed by atoms with Crippen LogP contribution < -0.4 is 0 Å². The van der Waals surface area contributed by atoms with E-state index in [1.165, 1.54) is 13.8 Å². The zero-order chi connectivity index (χ0) is 13.6. The lowest BCUT2D eigenvalue weighted by atomic mass is 9.71. The Hall–Kier alpha value is -1.36. The van der Waals surface area contributed by atoms with Crippen molar-refractivity contribution in [3.8, 4) is 0 Å². The average Bonchev–Trinajstić information content (AvgIpc) is 2.86. The Bertz CT molecular complexity index is 392. The van der Waals surface area contributed by atoms with E-state index in [9.17, 15) is 9.59 Å². The number of ether oxygens (including phenoxy) is 3. The molecule has 104 valence electrons. The molecule has 0 amide bonds. The molecule has 0 spiro atoms. The average molecular weight is 266 g/mol. The fourth-order valence-corrected chi connectivity index (χ4v) is 3.66. The molecule has 2 saturated heterocycles. The number of hydrogen-bond donors (Lipinski definition) is 0. The molecule has 0 aromatic heterocycles. The second-order valence-electron chi connectivity index (χ2n) is 5.48. The normalized spacial score (nSPS) is 42.8. The topological polar surface area (TPSA) is 61.8 Å². The van der Waals surface area contributed by atoms with Gasteiger partial charge in [-0.2, -0.15) is 0 Å². The van der Waals surface area contributed by atoms with Crippen molar-refractivity contribution in [3.63, 3.8) is 0 Å². The third-order valence-corrected chi connectivity index (χ3v) is 4.27. The Morgan fingerprint density at radius 3 is 1.74 bits per heavy atom. The van der Waals surface area contributed by atoms with Crippen molar-refractivity contribution in [2.75, 3.05) is 0 Å². The molecule has 0 radical (unpaired) electrons. The minimum absolute atomic E-state index is 0.145. The van der Waals surface area contributed by atoms with Crippen LogP contribution in [0.5, 0.6) is 0 Å². The van der Waals surface area contributed by atoms with Gasteiger partial charge < -0.3 is 14.2 Å². The van der Waals surface area contributed by atoms with Crippen molar-refractivity contribution < 1.29 is 23.8 Å². The molecule has 6 atom stereocenters. The third kappa shape index (κ3) is 2.06. The van der Waals surface area contributed by atoms with Gasteiger partial charge in [-0.1, -0.05) is 12.2 Å². The zero-order valence-corrected chi connectivity index (χ0v) is 11.1. The van der Waals surface area contributed by atoms with Gasteiger partial charge in [-0.05, 0) is 24.7 Å². The predicted octanol–water partition coefficient (Wildman–Crippen LogP) is 1.21. The maximum Gasteiger partial charge on any atom is 0.303 e. The summed E-state index contributed by atoms with van der Waals surface area (Å²) >= 11 is 0. The first kappa shape index (κ1) is 12.7. The van der Waals surface area contributed by atoms with E-state index in [-0.39, 0.29) is 24.1 Å². The molecule has 5 heteroatoms. The van der Waals surface area contributed by atoms with Crippen LogP contribution in [0.3, 0.4) is 0 Å². The molecule has 19 heavy (non-hydrogen) atoms. The first-order chi connectivity index (χ1) is 9.08. The highest BCUT2D eigenvalue weighted by molar-refractivity contribution is 5.67. The zero-order valence-electron chi connectivity index (χ0n) is 11.1. The molecular weight excluding hydrogens is 248 g/mol. The van der Waals surface area contributed by atoms with E-state index in [4.69, 9.17) is 14.2 Å². The highest BCUT2D eigenvalue weighted by Crippen LogP contribution is 2.50.